The third-order valence-corrected chi connectivity index (χ3v) is 3.93. The number of nitrogen functional groups attached to an aromatic ring is 1. The number of hydrogen-bond acceptors (Lipinski definition) is 1. The minimum atomic E-state index is 0.814. The van der Waals surface area contributed by atoms with Crippen LogP contribution in [0.3, 0.4) is 0 Å². The van der Waals surface area contributed by atoms with Crippen molar-refractivity contribution < 1.29 is 0 Å². The van der Waals surface area contributed by atoms with Gasteiger partial charge in [-0.25, -0.2) is 0 Å². The number of rotatable bonds is 2. The Morgan fingerprint density at radius 3 is 2.47 bits per heavy atom. The number of benzene rings is 2. The second-order valence-corrected chi connectivity index (χ2v) is 5.22. The molecular formula is C15H16BrN. The van der Waals surface area contributed by atoms with Crippen LogP contribution >= 0.6 is 15.9 Å². The highest BCUT2D eigenvalue weighted by Gasteiger charge is 2.07. The van der Waals surface area contributed by atoms with E-state index in [1.54, 1.807) is 0 Å². The van der Waals surface area contributed by atoms with Gasteiger partial charge >= 0.3 is 0 Å². The Morgan fingerprint density at radius 2 is 1.76 bits per heavy atom. The summed E-state index contributed by atoms with van der Waals surface area (Å²) in [6.07, 6.45) is 0.916. The summed E-state index contributed by atoms with van der Waals surface area (Å²) in [4.78, 5) is 0. The lowest BCUT2D eigenvalue weighted by molar-refractivity contribution is 1.14. The van der Waals surface area contributed by atoms with Crippen molar-refractivity contribution in [2.24, 2.45) is 0 Å². The van der Waals surface area contributed by atoms with E-state index in [4.69, 9.17) is 5.73 Å². The van der Waals surface area contributed by atoms with Crippen LogP contribution in [-0.4, -0.2) is 0 Å². The van der Waals surface area contributed by atoms with E-state index < -0.39 is 0 Å². The molecule has 2 aromatic rings. The molecular weight excluding hydrogens is 274 g/mol. The smallest absolute Gasteiger partial charge is 0.0464 e. The molecule has 0 fully saturated rings. The van der Waals surface area contributed by atoms with E-state index in [2.05, 4.69) is 60.1 Å². The summed E-state index contributed by atoms with van der Waals surface area (Å²) < 4.78 is 1.02. The van der Waals surface area contributed by atoms with Gasteiger partial charge < -0.3 is 5.73 Å². The average Bonchev–Trinajstić information content (AvgIpc) is 2.28. The first-order chi connectivity index (χ1) is 8.08. The molecule has 0 aliphatic heterocycles. The lowest BCUT2D eigenvalue weighted by Crippen LogP contribution is -1.97. The third kappa shape index (κ3) is 2.70. The Bertz CT molecular complexity index is 547. The van der Waals surface area contributed by atoms with Gasteiger partial charge in [0.25, 0.3) is 0 Å². The Balaban J connectivity index is 2.40. The van der Waals surface area contributed by atoms with E-state index in [1.807, 2.05) is 6.07 Å². The second kappa shape index (κ2) is 4.92. The van der Waals surface area contributed by atoms with Gasteiger partial charge in [0.2, 0.25) is 0 Å². The van der Waals surface area contributed by atoms with Gasteiger partial charge in [0, 0.05) is 10.2 Å². The van der Waals surface area contributed by atoms with Crippen LogP contribution in [0.15, 0.2) is 40.9 Å². The van der Waals surface area contributed by atoms with Gasteiger partial charge in [-0.15, -0.1) is 0 Å². The van der Waals surface area contributed by atoms with Crippen molar-refractivity contribution in [3.05, 3.63) is 63.1 Å². The van der Waals surface area contributed by atoms with Crippen LogP contribution in [0, 0.1) is 13.8 Å². The van der Waals surface area contributed by atoms with Crippen LogP contribution in [0.25, 0.3) is 0 Å². The summed E-state index contributed by atoms with van der Waals surface area (Å²) in [5.41, 5.74) is 11.9. The minimum absolute atomic E-state index is 0.814. The second-order valence-electron chi connectivity index (χ2n) is 4.43. The molecule has 17 heavy (non-hydrogen) atoms. The molecule has 88 valence electrons. The molecule has 0 saturated carbocycles. The van der Waals surface area contributed by atoms with Crippen molar-refractivity contribution in [3.8, 4) is 0 Å². The van der Waals surface area contributed by atoms with Gasteiger partial charge in [0.15, 0.2) is 0 Å². The van der Waals surface area contributed by atoms with E-state index in [-0.39, 0.29) is 0 Å². The largest absolute Gasteiger partial charge is 0.398 e. The molecule has 2 rings (SSSR count). The van der Waals surface area contributed by atoms with Gasteiger partial charge in [0.05, 0.1) is 0 Å². The molecule has 0 unspecified atom stereocenters. The van der Waals surface area contributed by atoms with E-state index >= 15 is 0 Å². The standard InChI is InChI=1S/C15H16BrN/c1-10-7-13(15(16)14(17)8-10)9-12-6-4-3-5-11(12)2/h3-8H,9,17H2,1-2H3. The van der Waals surface area contributed by atoms with Gasteiger partial charge in [-0.1, -0.05) is 30.3 Å². The quantitative estimate of drug-likeness (QED) is 0.823. The number of anilines is 1. The predicted octanol–water partition coefficient (Wildman–Crippen LogP) is 4.24. The molecule has 2 aromatic carbocycles. The maximum Gasteiger partial charge on any atom is 0.0464 e. The fraction of sp³-hybridized carbons (Fsp3) is 0.200. The zero-order valence-electron chi connectivity index (χ0n) is 10.1. The van der Waals surface area contributed by atoms with Crippen LogP contribution in [-0.2, 0) is 6.42 Å². The highest BCUT2D eigenvalue weighted by molar-refractivity contribution is 9.10. The molecule has 2 heteroatoms. The van der Waals surface area contributed by atoms with Crippen LogP contribution in [0.2, 0.25) is 0 Å². The van der Waals surface area contributed by atoms with Crippen molar-refractivity contribution in [1.29, 1.82) is 0 Å². The van der Waals surface area contributed by atoms with Crippen molar-refractivity contribution >= 4 is 21.6 Å². The van der Waals surface area contributed by atoms with E-state index in [0.29, 0.717) is 0 Å². The van der Waals surface area contributed by atoms with Crippen LogP contribution < -0.4 is 5.73 Å². The summed E-state index contributed by atoms with van der Waals surface area (Å²) in [6.45, 7) is 4.21. The first-order valence-corrected chi connectivity index (χ1v) is 6.46. The summed E-state index contributed by atoms with van der Waals surface area (Å²) in [6, 6.07) is 12.6. The topological polar surface area (TPSA) is 26.0 Å². The Labute approximate surface area is 111 Å². The normalized spacial score (nSPS) is 10.5. The Hall–Kier alpha value is -1.28. The SMILES string of the molecule is Cc1cc(N)c(Br)c(Cc2ccccc2C)c1. The first-order valence-electron chi connectivity index (χ1n) is 5.67. The Morgan fingerprint density at radius 1 is 1.06 bits per heavy atom. The predicted molar refractivity (Wildman–Crippen MR) is 77.3 cm³/mol. The van der Waals surface area contributed by atoms with Gasteiger partial charge in [-0.05, 0) is 64.5 Å². The average molecular weight is 290 g/mol. The third-order valence-electron chi connectivity index (χ3n) is 2.96. The maximum atomic E-state index is 5.97. The van der Waals surface area contributed by atoms with E-state index in [0.717, 1.165) is 16.6 Å². The lowest BCUT2D eigenvalue weighted by Gasteiger charge is -2.10. The highest BCUT2D eigenvalue weighted by atomic mass is 79.9. The first kappa shape index (κ1) is 12.2. The molecule has 0 aliphatic rings. The molecule has 0 bridgehead atoms. The van der Waals surface area contributed by atoms with Gasteiger partial charge in [-0.3, -0.25) is 0 Å². The number of halogens is 1. The summed E-state index contributed by atoms with van der Waals surface area (Å²) >= 11 is 3.57. The number of nitrogens with two attached hydrogens (primary N) is 1. The van der Waals surface area contributed by atoms with E-state index in [9.17, 15) is 0 Å². The fourth-order valence-corrected chi connectivity index (χ4v) is 2.39. The van der Waals surface area contributed by atoms with Crippen molar-refractivity contribution in [1.82, 2.24) is 0 Å². The zero-order valence-corrected chi connectivity index (χ0v) is 11.7. The van der Waals surface area contributed by atoms with Crippen molar-refractivity contribution in [2.45, 2.75) is 20.3 Å². The van der Waals surface area contributed by atoms with Gasteiger partial charge in [-0.2, -0.15) is 0 Å². The fourth-order valence-electron chi connectivity index (χ4n) is 2.02. The summed E-state index contributed by atoms with van der Waals surface area (Å²) in [5.74, 6) is 0. The van der Waals surface area contributed by atoms with Crippen LogP contribution in [0.1, 0.15) is 22.3 Å². The molecule has 0 amide bonds. The summed E-state index contributed by atoms with van der Waals surface area (Å²) in [5, 5.41) is 0. The van der Waals surface area contributed by atoms with Crippen molar-refractivity contribution in [2.75, 3.05) is 5.73 Å². The molecule has 2 N–H and O–H groups in total. The molecule has 1 nitrogen and oxygen atoms in total. The zero-order chi connectivity index (χ0) is 12.4. The maximum absolute atomic E-state index is 5.97. The highest BCUT2D eigenvalue weighted by Crippen LogP contribution is 2.28. The molecule has 0 spiro atoms. The molecule has 0 aromatic heterocycles. The van der Waals surface area contributed by atoms with Crippen molar-refractivity contribution in [3.63, 3.8) is 0 Å². The molecule has 0 aliphatic carbocycles. The van der Waals surface area contributed by atoms with Gasteiger partial charge in [0.1, 0.15) is 0 Å². The lowest BCUT2D eigenvalue weighted by atomic mass is 9.99. The van der Waals surface area contributed by atoms with Crippen LogP contribution in [0.4, 0.5) is 5.69 Å². The van der Waals surface area contributed by atoms with E-state index in [1.165, 1.54) is 22.3 Å². The monoisotopic (exact) mass is 289 g/mol. The van der Waals surface area contributed by atoms with Crippen LogP contribution in [0.5, 0.6) is 0 Å². The molecule has 0 atom stereocenters. The molecule has 0 saturated heterocycles. The number of aryl methyl sites for hydroxylation is 2. The Kier molecular flexibility index (Phi) is 3.53. The molecule has 0 radical (unpaired) electrons. The minimum Gasteiger partial charge on any atom is -0.398 e. The molecule has 0 heterocycles. The number of hydrogen-bond donors (Lipinski definition) is 1. The summed E-state index contributed by atoms with van der Waals surface area (Å²) in [7, 11) is 0.